The van der Waals surface area contributed by atoms with Crippen molar-refractivity contribution in [2.24, 2.45) is 0 Å². The van der Waals surface area contributed by atoms with Gasteiger partial charge in [0, 0.05) is 15.7 Å². The van der Waals surface area contributed by atoms with Crippen LogP contribution in [0.4, 0.5) is 5.69 Å². The first-order valence-electron chi connectivity index (χ1n) is 6.86. The molecule has 2 rings (SSSR count). The van der Waals surface area contributed by atoms with E-state index in [0.717, 1.165) is 21.3 Å². The molecule has 0 fully saturated rings. The van der Waals surface area contributed by atoms with Crippen LogP contribution in [0.5, 0.6) is 0 Å². The average molecular weight is 361 g/mol. The maximum absolute atomic E-state index is 12.0. The summed E-state index contributed by atoms with van der Waals surface area (Å²) in [5, 5.41) is 5.38. The average Bonchev–Trinajstić information content (AvgIpc) is 2.43. The minimum Gasteiger partial charge on any atom is -0.343 e. The highest BCUT2D eigenvalue weighted by molar-refractivity contribution is 9.10. The fourth-order valence-electron chi connectivity index (χ4n) is 2.14. The quantitative estimate of drug-likeness (QED) is 0.877. The van der Waals surface area contributed by atoms with Crippen molar-refractivity contribution in [3.05, 3.63) is 63.6 Å². The topological polar surface area (TPSA) is 58.2 Å². The third-order valence-corrected chi connectivity index (χ3v) is 3.50. The lowest BCUT2D eigenvalue weighted by atomic mass is 10.1. The van der Waals surface area contributed by atoms with Crippen LogP contribution in [-0.2, 0) is 4.79 Å². The molecule has 0 aliphatic carbocycles. The first kappa shape index (κ1) is 16.2. The summed E-state index contributed by atoms with van der Waals surface area (Å²) in [4.78, 5) is 23.9. The van der Waals surface area contributed by atoms with Crippen LogP contribution in [0.15, 0.2) is 46.9 Å². The zero-order valence-electron chi connectivity index (χ0n) is 12.4. The molecule has 0 aliphatic rings. The Balaban J connectivity index is 1.91. The summed E-state index contributed by atoms with van der Waals surface area (Å²) in [5.74, 6) is -0.537. The van der Waals surface area contributed by atoms with Crippen LogP contribution in [0, 0.1) is 13.8 Å². The van der Waals surface area contributed by atoms with Gasteiger partial charge in [-0.25, -0.2) is 0 Å². The summed E-state index contributed by atoms with van der Waals surface area (Å²) < 4.78 is 0.819. The van der Waals surface area contributed by atoms with Crippen molar-refractivity contribution in [3.8, 4) is 0 Å². The first-order chi connectivity index (χ1) is 10.4. The highest BCUT2D eigenvalue weighted by atomic mass is 79.9. The molecule has 0 spiro atoms. The predicted octanol–water partition coefficient (Wildman–Crippen LogP) is 3.43. The zero-order valence-corrected chi connectivity index (χ0v) is 14.0. The molecule has 0 heterocycles. The summed E-state index contributed by atoms with van der Waals surface area (Å²) in [6, 6.07) is 12.8. The van der Waals surface area contributed by atoms with E-state index in [0.29, 0.717) is 5.56 Å². The number of rotatable bonds is 4. The largest absolute Gasteiger partial charge is 0.343 e. The predicted molar refractivity (Wildman–Crippen MR) is 91.0 cm³/mol. The van der Waals surface area contributed by atoms with E-state index in [4.69, 9.17) is 0 Å². The van der Waals surface area contributed by atoms with E-state index in [9.17, 15) is 9.59 Å². The van der Waals surface area contributed by atoms with Crippen molar-refractivity contribution in [1.29, 1.82) is 0 Å². The molecule has 0 atom stereocenters. The molecule has 0 radical (unpaired) electrons. The van der Waals surface area contributed by atoms with E-state index in [1.165, 1.54) is 0 Å². The van der Waals surface area contributed by atoms with Crippen molar-refractivity contribution < 1.29 is 9.59 Å². The molecule has 5 heteroatoms. The van der Waals surface area contributed by atoms with Crippen LogP contribution < -0.4 is 10.6 Å². The van der Waals surface area contributed by atoms with Crippen molar-refractivity contribution >= 4 is 33.4 Å². The van der Waals surface area contributed by atoms with E-state index in [1.807, 2.05) is 38.1 Å². The molecule has 114 valence electrons. The Hall–Kier alpha value is -2.14. The van der Waals surface area contributed by atoms with Gasteiger partial charge in [-0.2, -0.15) is 0 Å². The number of amides is 2. The Labute approximate surface area is 138 Å². The van der Waals surface area contributed by atoms with Crippen LogP contribution >= 0.6 is 15.9 Å². The van der Waals surface area contributed by atoms with Crippen LogP contribution in [-0.4, -0.2) is 18.4 Å². The minimum atomic E-state index is -0.281. The number of carbonyl (C=O) groups is 2. The molecule has 0 saturated carbocycles. The normalized spacial score (nSPS) is 10.1. The first-order valence-corrected chi connectivity index (χ1v) is 7.65. The zero-order chi connectivity index (χ0) is 16.1. The summed E-state index contributed by atoms with van der Waals surface area (Å²) in [7, 11) is 0. The third-order valence-electron chi connectivity index (χ3n) is 3.00. The van der Waals surface area contributed by atoms with Gasteiger partial charge in [0.25, 0.3) is 5.91 Å². The molecule has 0 bridgehead atoms. The second kappa shape index (κ2) is 7.22. The molecule has 0 aliphatic heterocycles. The maximum atomic E-state index is 12.0. The van der Waals surface area contributed by atoms with Crippen molar-refractivity contribution in [3.63, 3.8) is 0 Å². The van der Waals surface area contributed by atoms with Crippen LogP contribution in [0.25, 0.3) is 0 Å². The summed E-state index contributed by atoms with van der Waals surface area (Å²) in [6.45, 7) is 3.87. The fraction of sp³-hybridized carbons (Fsp3) is 0.176. The van der Waals surface area contributed by atoms with E-state index < -0.39 is 0 Å². The molecule has 2 aromatic carbocycles. The van der Waals surface area contributed by atoms with Crippen molar-refractivity contribution in [2.45, 2.75) is 13.8 Å². The van der Waals surface area contributed by atoms with E-state index in [-0.39, 0.29) is 18.4 Å². The lowest BCUT2D eigenvalue weighted by Crippen LogP contribution is -2.32. The summed E-state index contributed by atoms with van der Waals surface area (Å²) >= 11 is 3.31. The molecule has 0 aromatic heterocycles. The smallest absolute Gasteiger partial charge is 0.251 e. The van der Waals surface area contributed by atoms with E-state index >= 15 is 0 Å². The van der Waals surface area contributed by atoms with Crippen LogP contribution in [0.2, 0.25) is 0 Å². The van der Waals surface area contributed by atoms with Gasteiger partial charge in [0.1, 0.15) is 0 Å². The van der Waals surface area contributed by atoms with Gasteiger partial charge in [0.05, 0.1) is 6.54 Å². The number of aryl methyl sites for hydroxylation is 2. The lowest BCUT2D eigenvalue weighted by Gasteiger charge is -2.09. The standard InChI is InChI=1S/C17H17BrN2O2/c1-11-6-12(2)8-15(7-11)20-16(21)10-19-17(22)13-4-3-5-14(18)9-13/h3-9H,10H2,1-2H3,(H,19,22)(H,20,21). The van der Waals surface area contributed by atoms with Gasteiger partial charge < -0.3 is 10.6 Å². The minimum absolute atomic E-state index is 0.0711. The Morgan fingerprint density at radius 1 is 1.05 bits per heavy atom. The Kier molecular flexibility index (Phi) is 5.33. The van der Waals surface area contributed by atoms with Crippen molar-refractivity contribution in [1.82, 2.24) is 5.32 Å². The number of anilines is 1. The number of halogens is 1. The van der Waals surface area contributed by atoms with Crippen LogP contribution in [0.3, 0.4) is 0 Å². The Morgan fingerprint density at radius 2 is 1.73 bits per heavy atom. The number of carbonyl (C=O) groups excluding carboxylic acids is 2. The SMILES string of the molecule is Cc1cc(C)cc(NC(=O)CNC(=O)c2cccc(Br)c2)c1. The highest BCUT2D eigenvalue weighted by Gasteiger charge is 2.08. The Bertz CT molecular complexity index is 693. The second-order valence-corrected chi connectivity index (χ2v) is 6.03. The van der Waals surface area contributed by atoms with Crippen molar-refractivity contribution in [2.75, 3.05) is 11.9 Å². The third kappa shape index (κ3) is 4.70. The number of hydrogen-bond donors (Lipinski definition) is 2. The van der Waals surface area contributed by atoms with Gasteiger partial charge in [-0.05, 0) is 55.3 Å². The van der Waals surface area contributed by atoms with Gasteiger partial charge in [-0.1, -0.05) is 28.1 Å². The monoisotopic (exact) mass is 360 g/mol. The lowest BCUT2D eigenvalue weighted by molar-refractivity contribution is -0.115. The number of hydrogen-bond acceptors (Lipinski definition) is 2. The Morgan fingerprint density at radius 3 is 2.36 bits per heavy atom. The van der Waals surface area contributed by atoms with Gasteiger partial charge in [0.15, 0.2) is 0 Å². The molecule has 4 nitrogen and oxygen atoms in total. The van der Waals surface area contributed by atoms with E-state index in [2.05, 4.69) is 26.6 Å². The molecule has 2 amide bonds. The van der Waals surface area contributed by atoms with Gasteiger partial charge in [-0.15, -0.1) is 0 Å². The molecular weight excluding hydrogens is 344 g/mol. The van der Waals surface area contributed by atoms with Gasteiger partial charge >= 0.3 is 0 Å². The number of benzene rings is 2. The molecule has 0 unspecified atom stereocenters. The molecule has 2 aromatic rings. The number of nitrogens with one attached hydrogen (secondary N) is 2. The molecule has 22 heavy (non-hydrogen) atoms. The van der Waals surface area contributed by atoms with Gasteiger partial charge in [0.2, 0.25) is 5.91 Å². The fourth-order valence-corrected chi connectivity index (χ4v) is 2.54. The maximum Gasteiger partial charge on any atom is 0.251 e. The summed E-state index contributed by atoms with van der Waals surface area (Å²) in [6.07, 6.45) is 0. The van der Waals surface area contributed by atoms with Gasteiger partial charge in [-0.3, -0.25) is 9.59 Å². The highest BCUT2D eigenvalue weighted by Crippen LogP contribution is 2.13. The molecule has 0 saturated heterocycles. The summed E-state index contributed by atoms with van der Waals surface area (Å²) in [5.41, 5.74) is 3.40. The van der Waals surface area contributed by atoms with E-state index in [1.54, 1.807) is 18.2 Å². The molecular formula is C17H17BrN2O2. The van der Waals surface area contributed by atoms with Crippen LogP contribution in [0.1, 0.15) is 21.5 Å². The second-order valence-electron chi connectivity index (χ2n) is 5.12. The molecule has 2 N–H and O–H groups in total.